The maximum Gasteiger partial charge on any atom is 0.133 e. The summed E-state index contributed by atoms with van der Waals surface area (Å²) >= 11 is 0. The van der Waals surface area contributed by atoms with Crippen molar-refractivity contribution in [3.05, 3.63) is 29.8 Å². The molecule has 1 aromatic rings. The van der Waals surface area contributed by atoms with E-state index in [4.69, 9.17) is 0 Å². The molecule has 1 aromatic carbocycles. The summed E-state index contributed by atoms with van der Waals surface area (Å²) in [6.45, 7) is 5.83. The van der Waals surface area contributed by atoms with Crippen LogP contribution in [0.25, 0.3) is 0 Å². The highest BCUT2D eigenvalue weighted by Gasteiger charge is 2.22. The minimum atomic E-state index is 0.293. The van der Waals surface area contributed by atoms with Crippen LogP contribution in [0, 0.1) is 12.8 Å². The topological polar surface area (TPSA) is 20.3 Å². The van der Waals surface area contributed by atoms with Crippen LogP contribution in [0.1, 0.15) is 25.3 Å². The fraction of sp³-hybridized carbons (Fsp3) is 0.500. The first-order chi connectivity index (χ1) is 7.66. The number of hydrogen-bond donors (Lipinski definition) is 0. The molecule has 16 heavy (non-hydrogen) atoms. The van der Waals surface area contributed by atoms with E-state index in [1.807, 2.05) is 0 Å². The Hall–Kier alpha value is -1.31. The molecule has 1 fully saturated rings. The molecule has 1 heterocycles. The van der Waals surface area contributed by atoms with E-state index >= 15 is 0 Å². The Morgan fingerprint density at radius 3 is 2.25 bits per heavy atom. The molecule has 2 rings (SSSR count). The SMILES string of the molecule is CC(=O)C1CCN(c2ccc(C)cc2)CC1. The van der Waals surface area contributed by atoms with Crippen LogP contribution in [0.3, 0.4) is 0 Å². The van der Waals surface area contributed by atoms with Crippen molar-refractivity contribution in [1.29, 1.82) is 0 Å². The molecule has 0 amide bonds. The van der Waals surface area contributed by atoms with E-state index in [-0.39, 0.29) is 0 Å². The van der Waals surface area contributed by atoms with Crippen molar-refractivity contribution >= 4 is 11.5 Å². The second-order valence-corrected chi connectivity index (χ2v) is 4.71. The van der Waals surface area contributed by atoms with Crippen molar-refractivity contribution < 1.29 is 4.79 Å². The number of Topliss-reactive ketones (excluding diaryl/α,β-unsaturated/α-hetero) is 1. The van der Waals surface area contributed by atoms with Gasteiger partial charge in [0.15, 0.2) is 0 Å². The molecular weight excluding hydrogens is 198 g/mol. The fourth-order valence-corrected chi connectivity index (χ4v) is 2.30. The van der Waals surface area contributed by atoms with Gasteiger partial charge >= 0.3 is 0 Å². The van der Waals surface area contributed by atoms with Crippen molar-refractivity contribution in [2.24, 2.45) is 5.92 Å². The number of carbonyl (C=O) groups is 1. The van der Waals surface area contributed by atoms with Crippen LogP contribution in [-0.4, -0.2) is 18.9 Å². The lowest BCUT2D eigenvalue weighted by Crippen LogP contribution is -2.35. The van der Waals surface area contributed by atoms with Gasteiger partial charge in [-0.15, -0.1) is 0 Å². The van der Waals surface area contributed by atoms with Gasteiger partial charge in [0.05, 0.1) is 0 Å². The van der Waals surface area contributed by atoms with Gasteiger partial charge in [-0.25, -0.2) is 0 Å². The van der Waals surface area contributed by atoms with E-state index in [1.54, 1.807) is 6.92 Å². The number of hydrogen-bond acceptors (Lipinski definition) is 2. The Bertz CT molecular complexity index is 361. The van der Waals surface area contributed by atoms with Crippen molar-refractivity contribution in [3.8, 4) is 0 Å². The second-order valence-electron chi connectivity index (χ2n) is 4.71. The van der Waals surface area contributed by atoms with E-state index in [9.17, 15) is 4.79 Å². The molecular formula is C14H19NO. The van der Waals surface area contributed by atoms with Crippen molar-refractivity contribution in [3.63, 3.8) is 0 Å². The Morgan fingerprint density at radius 2 is 1.75 bits per heavy atom. The average Bonchev–Trinajstić information content (AvgIpc) is 2.30. The third kappa shape index (κ3) is 2.43. The van der Waals surface area contributed by atoms with E-state index in [1.165, 1.54) is 11.3 Å². The number of anilines is 1. The van der Waals surface area contributed by atoms with Crippen molar-refractivity contribution in [2.75, 3.05) is 18.0 Å². The molecule has 1 aliphatic rings. The third-order valence-electron chi connectivity index (χ3n) is 3.47. The van der Waals surface area contributed by atoms with Gasteiger partial charge in [-0.1, -0.05) is 17.7 Å². The van der Waals surface area contributed by atoms with Crippen LogP contribution in [0.15, 0.2) is 24.3 Å². The van der Waals surface area contributed by atoms with Gasteiger partial charge < -0.3 is 4.90 Å². The summed E-state index contributed by atoms with van der Waals surface area (Å²) in [5, 5.41) is 0. The first-order valence-corrected chi connectivity index (χ1v) is 5.99. The Balaban J connectivity index is 1.99. The predicted molar refractivity (Wildman–Crippen MR) is 66.8 cm³/mol. The lowest BCUT2D eigenvalue weighted by molar-refractivity contribution is -0.121. The highest BCUT2D eigenvalue weighted by molar-refractivity contribution is 5.78. The molecule has 0 saturated carbocycles. The maximum absolute atomic E-state index is 11.3. The first kappa shape index (κ1) is 11.2. The van der Waals surface area contributed by atoms with E-state index < -0.39 is 0 Å². The van der Waals surface area contributed by atoms with Gasteiger partial charge in [-0.05, 0) is 38.8 Å². The molecule has 1 saturated heterocycles. The molecule has 2 nitrogen and oxygen atoms in total. The van der Waals surface area contributed by atoms with Crippen molar-refractivity contribution in [1.82, 2.24) is 0 Å². The molecule has 0 aliphatic carbocycles. The summed E-state index contributed by atoms with van der Waals surface area (Å²) in [6, 6.07) is 8.63. The fourth-order valence-electron chi connectivity index (χ4n) is 2.30. The minimum Gasteiger partial charge on any atom is -0.371 e. The number of aryl methyl sites for hydroxylation is 1. The van der Waals surface area contributed by atoms with Crippen LogP contribution >= 0.6 is 0 Å². The Labute approximate surface area is 97.3 Å². The molecule has 0 bridgehead atoms. The zero-order valence-electron chi connectivity index (χ0n) is 10.1. The summed E-state index contributed by atoms with van der Waals surface area (Å²) in [7, 11) is 0. The van der Waals surface area contributed by atoms with Gasteiger partial charge in [0.1, 0.15) is 5.78 Å². The molecule has 0 spiro atoms. The molecule has 0 radical (unpaired) electrons. The number of benzene rings is 1. The summed E-state index contributed by atoms with van der Waals surface area (Å²) in [4.78, 5) is 13.6. The summed E-state index contributed by atoms with van der Waals surface area (Å²) in [6.07, 6.45) is 2.01. The summed E-state index contributed by atoms with van der Waals surface area (Å²) in [5.74, 6) is 0.644. The average molecular weight is 217 g/mol. The molecule has 0 atom stereocenters. The number of carbonyl (C=O) groups excluding carboxylic acids is 1. The van der Waals surface area contributed by atoms with Gasteiger partial charge in [-0.2, -0.15) is 0 Å². The Kier molecular flexibility index (Phi) is 3.28. The molecule has 86 valence electrons. The maximum atomic E-state index is 11.3. The third-order valence-corrected chi connectivity index (χ3v) is 3.47. The summed E-state index contributed by atoms with van der Waals surface area (Å²) < 4.78 is 0. The van der Waals surface area contributed by atoms with Crippen LogP contribution in [0.2, 0.25) is 0 Å². The van der Waals surface area contributed by atoms with Crippen molar-refractivity contribution in [2.45, 2.75) is 26.7 Å². The highest BCUT2D eigenvalue weighted by Crippen LogP contribution is 2.23. The monoisotopic (exact) mass is 217 g/mol. The largest absolute Gasteiger partial charge is 0.371 e. The smallest absolute Gasteiger partial charge is 0.133 e. The Morgan fingerprint density at radius 1 is 1.19 bits per heavy atom. The standard InChI is InChI=1S/C14H19NO/c1-11-3-5-14(6-4-11)15-9-7-13(8-10-15)12(2)16/h3-6,13H,7-10H2,1-2H3. The van der Waals surface area contributed by atoms with Gasteiger partial charge in [0.2, 0.25) is 0 Å². The lowest BCUT2D eigenvalue weighted by Gasteiger charge is -2.32. The molecule has 0 unspecified atom stereocenters. The van der Waals surface area contributed by atoms with E-state index in [2.05, 4.69) is 36.1 Å². The number of ketones is 1. The van der Waals surface area contributed by atoms with Gasteiger partial charge in [0, 0.05) is 24.7 Å². The lowest BCUT2D eigenvalue weighted by atomic mass is 9.93. The highest BCUT2D eigenvalue weighted by atomic mass is 16.1. The molecule has 0 aromatic heterocycles. The quantitative estimate of drug-likeness (QED) is 0.759. The first-order valence-electron chi connectivity index (χ1n) is 5.99. The number of rotatable bonds is 2. The summed E-state index contributed by atoms with van der Waals surface area (Å²) in [5.41, 5.74) is 2.58. The number of piperidine rings is 1. The van der Waals surface area contributed by atoms with E-state index in [0.717, 1.165) is 25.9 Å². The minimum absolute atomic E-state index is 0.293. The molecule has 2 heteroatoms. The van der Waals surface area contributed by atoms with Gasteiger partial charge in [0.25, 0.3) is 0 Å². The van der Waals surface area contributed by atoms with Crippen LogP contribution < -0.4 is 4.90 Å². The number of nitrogens with zero attached hydrogens (tertiary/aromatic N) is 1. The zero-order chi connectivity index (χ0) is 11.5. The van der Waals surface area contributed by atoms with Crippen LogP contribution in [0.5, 0.6) is 0 Å². The predicted octanol–water partition coefficient (Wildman–Crippen LogP) is 2.80. The molecule has 1 aliphatic heterocycles. The second kappa shape index (κ2) is 4.69. The molecule has 0 N–H and O–H groups in total. The van der Waals surface area contributed by atoms with Gasteiger partial charge in [-0.3, -0.25) is 4.79 Å². The van der Waals surface area contributed by atoms with E-state index in [0.29, 0.717) is 11.7 Å². The van der Waals surface area contributed by atoms with Crippen LogP contribution in [0.4, 0.5) is 5.69 Å². The van der Waals surface area contributed by atoms with Crippen LogP contribution in [-0.2, 0) is 4.79 Å². The zero-order valence-corrected chi connectivity index (χ0v) is 10.1. The normalized spacial score (nSPS) is 17.5.